The van der Waals surface area contributed by atoms with Crippen molar-refractivity contribution in [3.05, 3.63) is 59.2 Å². The van der Waals surface area contributed by atoms with Crippen LogP contribution in [0.4, 0.5) is 26.3 Å². The van der Waals surface area contributed by atoms with Gasteiger partial charge in [-0.3, -0.25) is 9.69 Å². The fourth-order valence-electron chi connectivity index (χ4n) is 5.34. The second-order valence-corrected chi connectivity index (χ2v) is 11.5. The van der Waals surface area contributed by atoms with Crippen LogP contribution in [0.3, 0.4) is 0 Å². The molecule has 2 aromatic rings. The summed E-state index contributed by atoms with van der Waals surface area (Å²) in [5.74, 6) is -1.82. The predicted molar refractivity (Wildman–Crippen MR) is 140 cm³/mol. The van der Waals surface area contributed by atoms with Crippen molar-refractivity contribution in [3.8, 4) is 11.1 Å². The second-order valence-electron chi connectivity index (χ2n) is 11.5. The zero-order valence-electron chi connectivity index (χ0n) is 22.7. The minimum Gasteiger partial charge on any atom is -0.481 e. The lowest BCUT2D eigenvalue weighted by Gasteiger charge is -2.41. The Morgan fingerprint density at radius 1 is 0.923 bits per heavy atom. The molecule has 0 saturated carbocycles. The van der Waals surface area contributed by atoms with E-state index in [9.17, 15) is 36.2 Å². The molecule has 1 aliphatic rings. The van der Waals surface area contributed by atoms with E-state index in [-0.39, 0.29) is 37.1 Å². The number of halogens is 6. The summed E-state index contributed by atoms with van der Waals surface area (Å²) in [7, 11) is 0. The summed E-state index contributed by atoms with van der Waals surface area (Å²) in [6.07, 6.45) is -7.66. The van der Waals surface area contributed by atoms with Crippen LogP contribution in [0.1, 0.15) is 81.9 Å². The number of nitrogens with zero attached hydrogens (tertiary/aromatic N) is 1. The molecule has 3 nitrogen and oxygen atoms in total. The van der Waals surface area contributed by atoms with Gasteiger partial charge < -0.3 is 5.11 Å². The highest BCUT2D eigenvalue weighted by Gasteiger charge is 2.46. The Bertz CT molecular complexity index is 1110. The molecule has 0 bridgehead atoms. The molecule has 0 radical (unpaired) electrons. The molecule has 1 N–H and O–H groups in total. The molecule has 1 heterocycles. The smallest absolute Gasteiger partial charge is 0.416 e. The maximum atomic E-state index is 13.8. The van der Waals surface area contributed by atoms with Crippen LogP contribution >= 0.6 is 0 Å². The first-order valence-corrected chi connectivity index (χ1v) is 13.4. The number of carboxylic acids is 1. The molecule has 0 aliphatic carbocycles. The van der Waals surface area contributed by atoms with Crippen molar-refractivity contribution in [2.45, 2.75) is 83.6 Å². The number of hydrogen-bond acceptors (Lipinski definition) is 2. The average molecular weight is 558 g/mol. The van der Waals surface area contributed by atoms with Crippen molar-refractivity contribution in [2.24, 2.45) is 11.8 Å². The molecular formula is C30H37F6NO2. The normalized spacial score (nSPS) is 20.0. The van der Waals surface area contributed by atoms with Crippen LogP contribution in [0.5, 0.6) is 0 Å². The van der Waals surface area contributed by atoms with Gasteiger partial charge in [-0.05, 0) is 84.4 Å². The summed E-state index contributed by atoms with van der Waals surface area (Å²) >= 11 is 0. The predicted octanol–water partition coefficient (Wildman–Crippen LogP) is 8.74. The van der Waals surface area contributed by atoms with E-state index >= 15 is 0 Å². The molecule has 2 unspecified atom stereocenters. The third kappa shape index (κ3) is 8.22. The Morgan fingerprint density at radius 2 is 1.56 bits per heavy atom. The summed E-state index contributed by atoms with van der Waals surface area (Å²) in [6, 6.07) is 8.37. The molecular weight excluding hydrogens is 520 g/mol. The van der Waals surface area contributed by atoms with Gasteiger partial charge in [0, 0.05) is 6.54 Å². The number of hydrogen-bond donors (Lipinski definition) is 1. The van der Waals surface area contributed by atoms with Crippen LogP contribution < -0.4 is 0 Å². The van der Waals surface area contributed by atoms with Gasteiger partial charge in [-0.15, -0.1) is 0 Å². The van der Waals surface area contributed by atoms with E-state index in [0.29, 0.717) is 41.6 Å². The highest BCUT2D eigenvalue weighted by Crippen LogP contribution is 2.40. The minimum atomic E-state index is -4.49. The molecule has 1 aliphatic heterocycles. The lowest BCUT2D eigenvalue weighted by Crippen LogP contribution is -2.51. The zero-order valence-corrected chi connectivity index (χ0v) is 22.7. The molecule has 1 saturated heterocycles. The highest BCUT2D eigenvalue weighted by molar-refractivity contribution is 5.77. The zero-order chi connectivity index (χ0) is 29.1. The molecule has 39 heavy (non-hydrogen) atoms. The fourth-order valence-corrected chi connectivity index (χ4v) is 5.34. The summed E-state index contributed by atoms with van der Waals surface area (Å²) in [4.78, 5) is 13.7. The Labute approximate surface area is 226 Å². The number of aliphatic carboxylic acids is 1. The Hall–Kier alpha value is -2.55. The van der Waals surface area contributed by atoms with Crippen molar-refractivity contribution in [1.82, 2.24) is 4.90 Å². The van der Waals surface area contributed by atoms with E-state index < -0.39 is 35.8 Å². The molecule has 0 aromatic heterocycles. The Morgan fingerprint density at radius 3 is 2.08 bits per heavy atom. The van der Waals surface area contributed by atoms with E-state index in [2.05, 4.69) is 0 Å². The first-order valence-electron chi connectivity index (χ1n) is 13.4. The third-order valence-electron chi connectivity index (χ3n) is 7.46. The summed E-state index contributed by atoms with van der Waals surface area (Å²) in [5.41, 5.74) is 1.47. The standard InChI is InChI=1S/C30H37F6NO2/c1-18(2)11-12-37-17-21(7-10-27(37)30(34,35)36)23-14-22(20-5-8-25(9-6-20)29(31,32)33)15-24(16-23)26(28(38)39)13-19(3)4/h5-6,8-9,14-16,18-19,21,26-27H,7,10-13,17H2,1-4H3,(H,38,39)/t21?,26-,27?/m1/s1. The molecule has 2 aromatic carbocycles. The molecule has 216 valence electrons. The lowest BCUT2D eigenvalue weighted by molar-refractivity contribution is -0.192. The van der Waals surface area contributed by atoms with Gasteiger partial charge in [0.05, 0.1) is 11.5 Å². The van der Waals surface area contributed by atoms with Crippen molar-refractivity contribution >= 4 is 5.97 Å². The molecule has 0 spiro atoms. The van der Waals surface area contributed by atoms with Crippen LogP contribution in [0, 0.1) is 11.8 Å². The number of rotatable bonds is 9. The highest BCUT2D eigenvalue weighted by atomic mass is 19.4. The molecule has 3 atom stereocenters. The number of alkyl halides is 6. The van der Waals surface area contributed by atoms with Crippen LogP contribution in [0.2, 0.25) is 0 Å². The summed E-state index contributed by atoms with van der Waals surface area (Å²) in [5, 5.41) is 9.99. The number of likely N-dealkylation sites (tertiary alicyclic amines) is 1. The molecule has 0 amide bonds. The van der Waals surface area contributed by atoms with Gasteiger partial charge >= 0.3 is 18.3 Å². The van der Waals surface area contributed by atoms with Crippen LogP contribution in [0.15, 0.2) is 42.5 Å². The van der Waals surface area contributed by atoms with Crippen LogP contribution in [0.25, 0.3) is 11.1 Å². The van der Waals surface area contributed by atoms with Gasteiger partial charge in [0.15, 0.2) is 0 Å². The maximum absolute atomic E-state index is 13.8. The van der Waals surface area contributed by atoms with Crippen molar-refractivity contribution in [3.63, 3.8) is 0 Å². The second kappa shape index (κ2) is 12.3. The first-order chi connectivity index (χ1) is 18.1. The van der Waals surface area contributed by atoms with Crippen molar-refractivity contribution < 1.29 is 36.2 Å². The van der Waals surface area contributed by atoms with Gasteiger partial charge in [-0.2, -0.15) is 26.3 Å². The van der Waals surface area contributed by atoms with E-state index in [4.69, 9.17) is 0 Å². The van der Waals surface area contributed by atoms with Gasteiger partial charge in [0.25, 0.3) is 0 Å². The monoisotopic (exact) mass is 557 g/mol. The quantitative estimate of drug-likeness (QED) is 0.314. The van der Waals surface area contributed by atoms with Crippen molar-refractivity contribution in [2.75, 3.05) is 13.1 Å². The summed E-state index contributed by atoms with van der Waals surface area (Å²) < 4.78 is 80.9. The molecule has 9 heteroatoms. The van der Waals surface area contributed by atoms with Crippen molar-refractivity contribution in [1.29, 1.82) is 0 Å². The minimum absolute atomic E-state index is 0.0676. The van der Waals surface area contributed by atoms with Gasteiger partial charge in [0.1, 0.15) is 6.04 Å². The summed E-state index contributed by atoms with van der Waals surface area (Å²) in [6.45, 7) is 8.21. The Balaban J connectivity index is 2.05. The number of carbonyl (C=O) groups is 1. The van der Waals surface area contributed by atoms with Crippen LogP contribution in [-0.4, -0.2) is 41.3 Å². The van der Waals surface area contributed by atoms with E-state index in [0.717, 1.165) is 12.1 Å². The van der Waals surface area contributed by atoms with E-state index in [1.54, 1.807) is 18.2 Å². The number of carboxylic acid groups (broad SMARTS) is 1. The average Bonchev–Trinajstić information content (AvgIpc) is 2.84. The SMILES string of the molecule is CC(C)CCN1CC(c2cc(-c3ccc(C(F)(F)F)cc3)cc([C@@H](CC(C)C)C(=O)O)c2)CCC1C(F)(F)F. The molecule has 1 fully saturated rings. The maximum Gasteiger partial charge on any atom is 0.416 e. The van der Waals surface area contributed by atoms with Gasteiger partial charge in [0.2, 0.25) is 0 Å². The van der Waals surface area contributed by atoms with Gasteiger partial charge in [-0.25, -0.2) is 0 Å². The lowest BCUT2D eigenvalue weighted by atomic mass is 9.81. The van der Waals surface area contributed by atoms with E-state index in [1.165, 1.54) is 17.0 Å². The van der Waals surface area contributed by atoms with Gasteiger partial charge in [-0.1, -0.05) is 58.0 Å². The Kier molecular flexibility index (Phi) is 9.78. The van der Waals surface area contributed by atoms with Crippen LogP contribution in [-0.2, 0) is 11.0 Å². The largest absolute Gasteiger partial charge is 0.481 e. The molecule has 3 rings (SSSR count). The number of piperidine rings is 1. The first kappa shape index (κ1) is 31.0. The number of benzene rings is 2. The third-order valence-corrected chi connectivity index (χ3v) is 7.46. The fraction of sp³-hybridized carbons (Fsp3) is 0.567. The topological polar surface area (TPSA) is 40.5 Å². The van der Waals surface area contributed by atoms with E-state index in [1.807, 2.05) is 27.7 Å².